The predicted octanol–water partition coefficient (Wildman–Crippen LogP) is 6.44. The van der Waals surface area contributed by atoms with E-state index in [0.29, 0.717) is 5.57 Å². The summed E-state index contributed by atoms with van der Waals surface area (Å²) >= 11 is 1.49. The summed E-state index contributed by atoms with van der Waals surface area (Å²) in [5, 5.41) is 15.5. The molecule has 0 aliphatic rings. The summed E-state index contributed by atoms with van der Waals surface area (Å²) in [6.45, 7) is 4.27. The van der Waals surface area contributed by atoms with Gasteiger partial charge in [-0.3, -0.25) is 0 Å². The molecule has 1 N–H and O–H groups in total. The Kier molecular flexibility index (Phi) is 6.40. The first-order valence-electron chi connectivity index (χ1n) is 9.18. The fourth-order valence-corrected chi connectivity index (χ4v) is 3.49. The lowest BCUT2D eigenvalue weighted by Crippen LogP contribution is -1.92. The minimum atomic E-state index is 0.536. The fraction of sp³-hybridized carbons (Fsp3) is 0.217. The van der Waals surface area contributed by atoms with E-state index in [-0.39, 0.29) is 0 Å². The van der Waals surface area contributed by atoms with Crippen LogP contribution in [0, 0.1) is 18.3 Å². The average Bonchev–Trinajstić information content (AvgIpc) is 3.18. The molecule has 0 bridgehead atoms. The molecule has 3 aromatic rings. The van der Waals surface area contributed by atoms with Gasteiger partial charge in [-0.15, -0.1) is 11.3 Å². The Balaban J connectivity index is 1.71. The number of hydrogen-bond donors (Lipinski definition) is 1. The number of nitrogens with zero attached hydrogens (tertiary/aromatic N) is 2. The molecule has 2 aromatic carbocycles. The van der Waals surface area contributed by atoms with Crippen LogP contribution in [-0.4, -0.2) is 4.98 Å². The molecule has 136 valence electrons. The van der Waals surface area contributed by atoms with Gasteiger partial charge in [0.15, 0.2) is 0 Å². The Hall–Kier alpha value is -2.90. The van der Waals surface area contributed by atoms with Crippen LogP contribution < -0.4 is 5.32 Å². The molecule has 0 atom stereocenters. The molecule has 1 heterocycles. The molecular formula is C23H23N3S. The maximum absolute atomic E-state index is 9.52. The topological polar surface area (TPSA) is 48.7 Å². The predicted molar refractivity (Wildman–Crippen MR) is 115 cm³/mol. The van der Waals surface area contributed by atoms with E-state index in [1.165, 1.54) is 35.3 Å². The SMILES string of the molecule is CCCCc1ccc(N/C=C(/C#N)c2nc(-c3ccc(C)cc3)cs2)cc1. The van der Waals surface area contributed by atoms with Crippen LogP contribution in [0.15, 0.2) is 60.1 Å². The lowest BCUT2D eigenvalue weighted by atomic mass is 10.1. The van der Waals surface area contributed by atoms with Gasteiger partial charge < -0.3 is 5.32 Å². The van der Waals surface area contributed by atoms with E-state index in [0.717, 1.165) is 28.4 Å². The van der Waals surface area contributed by atoms with Crippen molar-refractivity contribution in [3.63, 3.8) is 0 Å². The quantitative estimate of drug-likeness (QED) is 0.485. The number of aromatic nitrogens is 1. The highest BCUT2D eigenvalue weighted by molar-refractivity contribution is 7.11. The second-order valence-electron chi connectivity index (χ2n) is 6.52. The van der Waals surface area contributed by atoms with Gasteiger partial charge in [-0.2, -0.15) is 5.26 Å². The largest absolute Gasteiger partial charge is 0.360 e. The molecule has 0 spiro atoms. The highest BCUT2D eigenvalue weighted by Gasteiger charge is 2.09. The summed E-state index contributed by atoms with van der Waals surface area (Å²) in [6, 6.07) is 18.9. The smallest absolute Gasteiger partial charge is 0.136 e. The number of rotatable bonds is 7. The van der Waals surface area contributed by atoms with Gasteiger partial charge in [0.1, 0.15) is 16.6 Å². The number of unbranched alkanes of at least 4 members (excludes halogenated alkanes) is 1. The van der Waals surface area contributed by atoms with Crippen molar-refractivity contribution in [2.24, 2.45) is 0 Å². The van der Waals surface area contributed by atoms with Gasteiger partial charge in [-0.05, 0) is 37.5 Å². The Morgan fingerprint density at radius 3 is 2.56 bits per heavy atom. The van der Waals surface area contributed by atoms with Crippen LogP contribution in [0.25, 0.3) is 16.8 Å². The van der Waals surface area contributed by atoms with Gasteiger partial charge in [0.05, 0.1) is 5.69 Å². The molecule has 3 rings (SSSR count). The summed E-state index contributed by atoms with van der Waals surface area (Å²) in [4.78, 5) is 4.63. The van der Waals surface area contributed by atoms with Crippen molar-refractivity contribution in [3.05, 3.63) is 76.2 Å². The second-order valence-corrected chi connectivity index (χ2v) is 7.38. The Labute approximate surface area is 165 Å². The van der Waals surface area contributed by atoms with Crippen molar-refractivity contribution in [2.75, 3.05) is 5.32 Å². The first kappa shape index (κ1) is 18.9. The summed E-state index contributed by atoms with van der Waals surface area (Å²) in [6.07, 6.45) is 5.25. The van der Waals surface area contributed by atoms with Crippen LogP contribution >= 0.6 is 11.3 Å². The molecule has 0 fully saturated rings. The fourth-order valence-electron chi connectivity index (χ4n) is 2.70. The molecule has 0 aliphatic heterocycles. The number of allylic oxidation sites excluding steroid dienone is 1. The minimum absolute atomic E-state index is 0.536. The zero-order chi connectivity index (χ0) is 19.1. The lowest BCUT2D eigenvalue weighted by Gasteiger charge is -2.04. The highest BCUT2D eigenvalue weighted by atomic mass is 32.1. The molecule has 0 unspecified atom stereocenters. The monoisotopic (exact) mass is 373 g/mol. The van der Waals surface area contributed by atoms with Crippen molar-refractivity contribution in [1.82, 2.24) is 4.98 Å². The molecule has 4 heteroatoms. The molecule has 0 saturated carbocycles. The van der Waals surface area contributed by atoms with Gasteiger partial charge in [0, 0.05) is 22.8 Å². The van der Waals surface area contributed by atoms with Gasteiger partial charge in [-0.25, -0.2) is 4.98 Å². The Bertz CT molecular complexity index is 945. The number of benzene rings is 2. The Morgan fingerprint density at radius 2 is 1.89 bits per heavy atom. The van der Waals surface area contributed by atoms with E-state index in [1.54, 1.807) is 6.20 Å². The van der Waals surface area contributed by atoms with Crippen LogP contribution in [0.2, 0.25) is 0 Å². The molecule has 0 radical (unpaired) electrons. The van der Waals surface area contributed by atoms with E-state index in [4.69, 9.17) is 0 Å². The number of thiazole rings is 1. The molecule has 0 saturated heterocycles. The minimum Gasteiger partial charge on any atom is -0.360 e. The molecule has 0 amide bonds. The number of aryl methyl sites for hydroxylation is 2. The second kappa shape index (κ2) is 9.16. The van der Waals surface area contributed by atoms with Crippen LogP contribution in [0.1, 0.15) is 35.9 Å². The summed E-state index contributed by atoms with van der Waals surface area (Å²) in [5.41, 5.74) is 6.03. The number of hydrogen-bond acceptors (Lipinski definition) is 4. The number of nitrogens with one attached hydrogen (secondary N) is 1. The van der Waals surface area contributed by atoms with Crippen LogP contribution in [-0.2, 0) is 6.42 Å². The van der Waals surface area contributed by atoms with Crippen molar-refractivity contribution in [2.45, 2.75) is 33.1 Å². The average molecular weight is 374 g/mol. The summed E-state index contributed by atoms with van der Waals surface area (Å²) in [7, 11) is 0. The lowest BCUT2D eigenvalue weighted by molar-refractivity contribution is 0.795. The third-order valence-electron chi connectivity index (χ3n) is 4.36. The van der Waals surface area contributed by atoms with Crippen LogP contribution in [0.3, 0.4) is 0 Å². The zero-order valence-electron chi connectivity index (χ0n) is 15.7. The molecule has 27 heavy (non-hydrogen) atoms. The van der Waals surface area contributed by atoms with E-state index in [2.05, 4.69) is 78.7 Å². The number of anilines is 1. The normalized spacial score (nSPS) is 11.2. The maximum atomic E-state index is 9.52. The first-order valence-corrected chi connectivity index (χ1v) is 10.1. The van der Waals surface area contributed by atoms with Crippen molar-refractivity contribution >= 4 is 22.6 Å². The van der Waals surface area contributed by atoms with Gasteiger partial charge in [-0.1, -0.05) is 55.3 Å². The number of nitriles is 1. The van der Waals surface area contributed by atoms with E-state index in [1.807, 2.05) is 5.38 Å². The maximum Gasteiger partial charge on any atom is 0.136 e. The first-order chi connectivity index (χ1) is 13.2. The highest BCUT2D eigenvalue weighted by Crippen LogP contribution is 2.26. The van der Waals surface area contributed by atoms with Crippen molar-refractivity contribution in [3.8, 4) is 17.3 Å². The third-order valence-corrected chi connectivity index (χ3v) is 5.23. The van der Waals surface area contributed by atoms with Crippen LogP contribution in [0.4, 0.5) is 5.69 Å². The molecule has 3 nitrogen and oxygen atoms in total. The van der Waals surface area contributed by atoms with Gasteiger partial charge in [0.2, 0.25) is 0 Å². The Morgan fingerprint density at radius 1 is 1.15 bits per heavy atom. The van der Waals surface area contributed by atoms with Gasteiger partial charge in [0.25, 0.3) is 0 Å². The molecular weight excluding hydrogens is 350 g/mol. The molecule has 0 aliphatic carbocycles. The standard InChI is InChI=1S/C23H23N3S/c1-3-4-5-18-8-12-21(13-9-18)25-15-20(14-24)23-26-22(16-27-23)19-10-6-17(2)7-11-19/h6-13,15-16,25H,3-5H2,1-2H3/b20-15-. The van der Waals surface area contributed by atoms with Crippen molar-refractivity contribution in [1.29, 1.82) is 5.26 Å². The van der Waals surface area contributed by atoms with Crippen molar-refractivity contribution < 1.29 is 0 Å². The molecule has 1 aromatic heterocycles. The van der Waals surface area contributed by atoms with Gasteiger partial charge >= 0.3 is 0 Å². The van der Waals surface area contributed by atoms with E-state index < -0.39 is 0 Å². The third kappa shape index (κ3) is 5.06. The summed E-state index contributed by atoms with van der Waals surface area (Å²) in [5.74, 6) is 0. The van der Waals surface area contributed by atoms with Crippen LogP contribution in [0.5, 0.6) is 0 Å². The summed E-state index contributed by atoms with van der Waals surface area (Å²) < 4.78 is 0. The van der Waals surface area contributed by atoms with E-state index in [9.17, 15) is 5.26 Å². The van der Waals surface area contributed by atoms with E-state index >= 15 is 0 Å². The zero-order valence-corrected chi connectivity index (χ0v) is 16.5.